The van der Waals surface area contributed by atoms with E-state index in [0.717, 1.165) is 6.54 Å². The highest BCUT2D eigenvalue weighted by Crippen LogP contribution is 2.48. The van der Waals surface area contributed by atoms with E-state index in [1.54, 1.807) is 0 Å². The Morgan fingerprint density at radius 2 is 2.15 bits per heavy atom. The van der Waals surface area contributed by atoms with Crippen molar-refractivity contribution in [2.24, 2.45) is 5.41 Å². The predicted molar refractivity (Wildman–Crippen MR) is 51.6 cm³/mol. The highest BCUT2D eigenvalue weighted by Gasteiger charge is 2.41. The van der Waals surface area contributed by atoms with E-state index in [-0.39, 0.29) is 6.09 Å². The third-order valence-corrected chi connectivity index (χ3v) is 2.62. The fourth-order valence-electron chi connectivity index (χ4n) is 1.66. The Bertz CT molecular complexity index is 176. The summed E-state index contributed by atoms with van der Waals surface area (Å²) in [6.45, 7) is 5.25. The Balaban J connectivity index is 2.14. The molecule has 0 heterocycles. The second-order valence-electron chi connectivity index (χ2n) is 3.82. The first-order valence-corrected chi connectivity index (χ1v) is 5.13. The largest absolute Gasteiger partial charge is 0.450 e. The van der Waals surface area contributed by atoms with Crippen molar-refractivity contribution < 1.29 is 9.53 Å². The Labute approximate surface area is 79.8 Å². The smallest absolute Gasteiger partial charge is 0.407 e. The summed E-state index contributed by atoms with van der Waals surface area (Å²) in [6.07, 6.45) is 4.66. The van der Waals surface area contributed by atoms with Crippen LogP contribution < -0.4 is 5.32 Å². The van der Waals surface area contributed by atoms with Gasteiger partial charge in [0.15, 0.2) is 0 Å². The van der Waals surface area contributed by atoms with Crippen LogP contribution in [0.15, 0.2) is 0 Å². The van der Waals surface area contributed by atoms with Gasteiger partial charge in [0.1, 0.15) is 0 Å². The van der Waals surface area contributed by atoms with Crippen LogP contribution in [-0.4, -0.2) is 19.2 Å². The third-order valence-electron chi connectivity index (χ3n) is 2.62. The molecule has 1 fully saturated rings. The van der Waals surface area contributed by atoms with Gasteiger partial charge in [-0.05, 0) is 31.6 Å². The zero-order chi connectivity index (χ0) is 9.73. The van der Waals surface area contributed by atoms with Gasteiger partial charge >= 0.3 is 6.09 Å². The average Bonchev–Trinajstić information content (AvgIpc) is 2.84. The van der Waals surface area contributed by atoms with Gasteiger partial charge in [0.25, 0.3) is 0 Å². The van der Waals surface area contributed by atoms with Crippen LogP contribution in [0.4, 0.5) is 4.79 Å². The van der Waals surface area contributed by atoms with Crippen molar-refractivity contribution in [2.45, 2.75) is 39.5 Å². The monoisotopic (exact) mass is 185 g/mol. The van der Waals surface area contributed by atoms with Gasteiger partial charge in [-0.25, -0.2) is 4.79 Å². The van der Waals surface area contributed by atoms with Gasteiger partial charge < -0.3 is 10.1 Å². The fourth-order valence-corrected chi connectivity index (χ4v) is 1.66. The molecule has 0 unspecified atom stereocenters. The van der Waals surface area contributed by atoms with Crippen molar-refractivity contribution in [3.8, 4) is 0 Å². The minimum absolute atomic E-state index is 0.273. The standard InChI is InChI=1S/C10H19NO2/c1-3-5-10(6-7-10)8-11-9(12)13-4-2/h3-8H2,1-2H3,(H,11,12). The molecule has 0 spiro atoms. The second kappa shape index (κ2) is 4.49. The summed E-state index contributed by atoms with van der Waals surface area (Å²) >= 11 is 0. The van der Waals surface area contributed by atoms with Crippen molar-refractivity contribution in [1.29, 1.82) is 0 Å². The molecule has 3 heteroatoms. The quantitative estimate of drug-likeness (QED) is 0.713. The third kappa shape index (κ3) is 3.25. The van der Waals surface area contributed by atoms with Crippen molar-refractivity contribution >= 4 is 6.09 Å². The summed E-state index contributed by atoms with van der Waals surface area (Å²) in [6, 6.07) is 0. The van der Waals surface area contributed by atoms with Gasteiger partial charge in [0.05, 0.1) is 6.61 Å². The van der Waals surface area contributed by atoms with Gasteiger partial charge in [-0.3, -0.25) is 0 Å². The number of hydrogen-bond acceptors (Lipinski definition) is 2. The Morgan fingerprint density at radius 1 is 1.46 bits per heavy atom. The van der Waals surface area contributed by atoms with E-state index in [1.807, 2.05) is 6.92 Å². The van der Waals surface area contributed by atoms with Gasteiger partial charge in [-0.15, -0.1) is 0 Å². The summed E-state index contributed by atoms with van der Waals surface area (Å²) < 4.78 is 4.79. The van der Waals surface area contributed by atoms with Gasteiger partial charge in [-0.2, -0.15) is 0 Å². The summed E-state index contributed by atoms with van der Waals surface area (Å²) in [5.41, 5.74) is 0.418. The van der Waals surface area contributed by atoms with Gasteiger partial charge in [0.2, 0.25) is 0 Å². The van der Waals surface area contributed by atoms with Crippen molar-refractivity contribution in [2.75, 3.05) is 13.2 Å². The van der Waals surface area contributed by atoms with Gasteiger partial charge in [0, 0.05) is 6.54 Å². The molecule has 0 aromatic carbocycles. The molecule has 1 N–H and O–H groups in total. The molecule has 0 atom stereocenters. The Hall–Kier alpha value is -0.730. The molecule has 1 rings (SSSR count). The highest BCUT2D eigenvalue weighted by atomic mass is 16.5. The second-order valence-corrected chi connectivity index (χ2v) is 3.82. The Morgan fingerprint density at radius 3 is 2.62 bits per heavy atom. The van der Waals surface area contributed by atoms with E-state index in [0.29, 0.717) is 12.0 Å². The molecule has 1 aliphatic rings. The molecular weight excluding hydrogens is 166 g/mol. The maximum atomic E-state index is 11.0. The van der Waals surface area contributed by atoms with E-state index < -0.39 is 0 Å². The zero-order valence-corrected chi connectivity index (χ0v) is 8.56. The van der Waals surface area contributed by atoms with E-state index in [9.17, 15) is 4.79 Å². The first kappa shape index (κ1) is 10.4. The zero-order valence-electron chi connectivity index (χ0n) is 8.56. The lowest BCUT2D eigenvalue weighted by atomic mass is 10.0. The number of carbonyl (C=O) groups excluding carboxylic acids is 1. The molecule has 0 aliphatic heterocycles. The minimum atomic E-state index is -0.273. The molecule has 76 valence electrons. The average molecular weight is 185 g/mol. The SMILES string of the molecule is CCCC1(CNC(=O)OCC)CC1. The maximum Gasteiger partial charge on any atom is 0.407 e. The lowest BCUT2D eigenvalue weighted by molar-refractivity contribution is 0.149. The van der Waals surface area contributed by atoms with Crippen molar-refractivity contribution in [3.63, 3.8) is 0 Å². The van der Waals surface area contributed by atoms with Crippen LogP contribution >= 0.6 is 0 Å². The molecule has 1 aliphatic carbocycles. The molecule has 3 nitrogen and oxygen atoms in total. The van der Waals surface area contributed by atoms with E-state index in [4.69, 9.17) is 4.74 Å². The Kier molecular flexibility index (Phi) is 3.58. The number of rotatable bonds is 5. The summed E-state index contributed by atoms with van der Waals surface area (Å²) in [5.74, 6) is 0. The molecule has 13 heavy (non-hydrogen) atoms. The van der Waals surface area contributed by atoms with E-state index in [1.165, 1.54) is 25.7 Å². The highest BCUT2D eigenvalue weighted by molar-refractivity contribution is 5.67. The summed E-state index contributed by atoms with van der Waals surface area (Å²) in [4.78, 5) is 11.0. The number of nitrogens with one attached hydrogen (secondary N) is 1. The van der Waals surface area contributed by atoms with Crippen LogP contribution in [0.1, 0.15) is 39.5 Å². The van der Waals surface area contributed by atoms with Crippen LogP contribution in [0.5, 0.6) is 0 Å². The van der Waals surface area contributed by atoms with Crippen molar-refractivity contribution in [1.82, 2.24) is 5.32 Å². The van der Waals surface area contributed by atoms with Crippen LogP contribution in [-0.2, 0) is 4.74 Å². The summed E-state index contributed by atoms with van der Waals surface area (Å²) in [7, 11) is 0. The van der Waals surface area contributed by atoms with E-state index >= 15 is 0 Å². The number of alkyl carbamates (subject to hydrolysis) is 1. The first-order chi connectivity index (χ1) is 6.22. The predicted octanol–water partition coefficient (Wildman–Crippen LogP) is 2.31. The topological polar surface area (TPSA) is 38.3 Å². The molecule has 0 aromatic heterocycles. The molecule has 0 bridgehead atoms. The van der Waals surface area contributed by atoms with Crippen LogP contribution in [0, 0.1) is 5.41 Å². The van der Waals surface area contributed by atoms with Crippen LogP contribution in [0.3, 0.4) is 0 Å². The minimum Gasteiger partial charge on any atom is -0.450 e. The summed E-state index contributed by atoms with van der Waals surface area (Å²) in [5, 5.41) is 2.81. The van der Waals surface area contributed by atoms with E-state index in [2.05, 4.69) is 12.2 Å². The van der Waals surface area contributed by atoms with Crippen LogP contribution in [0.2, 0.25) is 0 Å². The lowest BCUT2D eigenvalue weighted by Crippen LogP contribution is -2.30. The molecule has 1 amide bonds. The van der Waals surface area contributed by atoms with Gasteiger partial charge in [-0.1, -0.05) is 13.3 Å². The maximum absolute atomic E-state index is 11.0. The number of hydrogen-bond donors (Lipinski definition) is 1. The molecule has 0 saturated heterocycles. The van der Waals surface area contributed by atoms with Crippen molar-refractivity contribution in [3.05, 3.63) is 0 Å². The number of amides is 1. The molecule has 0 aromatic rings. The number of carbonyl (C=O) groups is 1. The number of ether oxygens (including phenoxy) is 1. The molecule has 0 radical (unpaired) electrons. The molecular formula is C10H19NO2. The first-order valence-electron chi connectivity index (χ1n) is 5.13. The lowest BCUT2D eigenvalue weighted by Gasteiger charge is -2.14. The molecule has 1 saturated carbocycles. The van der Waals surface area contributed by atoms with Crippen LogP contribution in [0.25, 0.3) is 0 Å². The normalized spacial score (nSPS) is 18.0. The fraction of sp³-hybridized carbons (Fsp3) is 0.900.